The van der Waals surface area contributed by atoms with Gasteiger partial charge in [0.05, 0.1) is 6.61 Å². The molecule has 0 aliphatic heterocycles. The van der Waals surface area contributed by atoms with Crippen molar-refractivity contribution in [2.45, 2.75) is 26.2 Å². The summed E-state index contributed by atoms with van der Waals surface area (Å²) in [4.78, 5) is 25.9. The summed E-state index contributed by atoms with van der Waals surface area (Å²) in [6.45, 7) is 1.69. The van der Waals surface area contributed by atoms with E-state index in [1.807, 2.05) is 42.5 Å². The monoisotopic (exact) mass is 362 g/mol. The number of carbonyl (C=O) groups excluding carboxylic acids is 2. The second-order valence-corrected chi connectivity index (χ2v) is 6.79. The molecule has 0 saturated heterocycles. The molecule has 7 heteroatoms. The summed E-state index contributed by atoms with van der Waals surface area (Å²) < 4.78 is 16.5. The second-order valence-electron chi connectivity index (χ2n) is 5.17. The highest BCUT2D eigenvalue weighted by Gasteiger charge is 2.30. The van der Waals surface area contributed by atoms with Gasteiger partial charge in [0, 0.05) is 28.7 Å². The SMILES string of the molecule is CCOC(=O)C(=[N+]=[N-])C(=O)CCCCS(=O)C/C=C/c1ccccc1. The van der Waals surface area contributed by atoms with Crippen LogP contribution in [0.1, 0.15) is 31.7 Å². The minimum absolute atomic E-state index is 0.0509. The Bertz CT molecular complexity index is 680. The largest absolute Gasteiger partial charge is 0.457 e. The number of nitrogens with zero attached hydrogens (tertiary/aromatic N) is 2. The number of Topliss-reactive ketones (excluding diaryl/α,β-unsaturated/α-hetero) is 1. The number of ether oxygens (including phenoxy) is 1. The minimum atomic E-state index is -1.00. The number of hydrogen-bond donors (Lipinski definition) is 0. The summed E-state index contributed by atoms with van der Waals surface area (Å²) in [6.07, 6.45) is 4.89. The van der Waals surface area contributed by atoms with Crippen LogP contribution in [0.5, 0.6) is 0 Å². The lowest BCUT2D eigenvalue weighted by Gasteiger charge is -2.00. The lowest BCUT2D eigenvalue weighted by molar-refractivity contribution is -0.141. The Morgan fingerprint density at radius 3 is 2.60 bits per heavy atom. The van der Waals surface area contributed by atoms with Crippen LogP contribution in [0.25, 0.3) is 11.6 Å². The zero-order chi connectivity index (χ0) is 18.5. The van der Waals surface area contributed by atoms with Crippen LogP contribution >= 0.6 is 0 Å². The molecular weight excluding hydrogens is 340 g/mol. The Morgan fingerprint density at radius 2 is 1.96 bits per heavy atom. The van der Waals surface area contributed by atoms with Crippen LogP contribution in [0, 0.1) is 0 Å². The van der Waals surface area contributed by atoms with Gasteiger partial charge in [-0.2, -0.15) is 4.79 Å². The summed E-state index contributed by atoms with van der Waals surface area (Å²) in [5.41, 5.74) is 9.21. The standard InChI is InChI=1S/C18H22N2O4S/c1-2-24-18(22)17(20-19)16(21)12-6-7-13-25(23)14-8-11-15-9-4-3-5-10-15/h3-5,8-11H,2,6-7,12-14H2,1H3/b11-8+. The second kappa shape index (κ2) is 12.1. The Hall–Kier alpha value is -2.37. The van der Waals surface area contributed by atoms with Gasteiger partial charge in [0.1, 0.15) is 0 Å². The van der Waals surface area contributed by atoms with E-state index in [0.29, 0.717) is 24.3 Å². The molecule has 0 aliphatic rings. The quantitative estimate of drug-likeness (QED) is 0.151. The third kappa shape index (κ3) is 8.33. The molecule has 134 valence electrons. The molecule has 1 atom stereocenters. The third-order valence-electron chi connectivity index (χ3n) is 3.25. The van der Waals surface area contributed by atoms with Gasteiger partial charge in [0.15, 0.2) is 0 Å². The van der Waals surface area contributed by atoms with Crippen LogP contribution in [-0.4, -0.2) is 44.6 Å². The van der Waals surface area contributed by atoms with Crippen molar-refractivity contribution in [2.75, 3.05) is 18.1 Å². The normalized spacial score (nSPS) is 11.7. The zero-order valence-corrected chi connectivity index (χ0v) is 15.0. The molecule has 0 N–H and O–H groups in total. The number of carbonyl (C=O) groups is 2. The van der Waals surface area contributed by atoms with E-state index in [1.165, 1.54) is 0 Å². The molecule has 6 nitrogen and oxygen atoms in total. The number of unbranched alkanes of at least 4 members (excludes halogenated alkanes) is 1. The van der Waals surface area contributed by atoms with Crippen LogP contribution in [0.3, 0.4) is 0 Å². The smallest absolute Gasteiger partial charge is 0.441 e. The maximum Gasteiger partial charge on any atom is 0.441 e. The molecule has 0 fully saturated rings. The average Bonchev–Trinajstić information content (AvgIpc) is 2.60. The molecular formula is C18H22N2O4S. The molecule has 1 aromatic rings. The maximum absolute atomic E-state index is 11.9. The van der Waals surface area contributed by atoms with Crippen LogP contribution in [0.15, 0.2) is 36.4 Å². The molecule has 0 radical (unpaired) electrons. The van der Waals surface area contributed by atoms with Crippen molar-refractivity contribution in [1.29, 1.82) is 0 Å². The van der Waals surface area contributed by atoms with Gasteiger partial charge in [-0.05, 0) is 25.3 Å². The van der Waals surface area contributed by atoms with Gasteiger partial charge < -0.3 is 10.3 Å². The highest BCUT2D eigenvalue weighted by atomic mass is 32.2. The van der Waals surface area contributed by atoms with Crippen molar-refractivity contribution in [1.82, 2.24) is 0 Å². The van der Waals surface area contributed by atoms with Crippen molar-refractivity contribution < 1.29 is 23.3 Å². The van der Waals surface area contributed by atoms with E-state index in [9.17, 15) is 13.8 Å². The van der Waals surface area contributed by atoms with E-state index in [-0.39, 0.29) is 13.0 Å². The first-order valence-electron chi connectivity index (χ1n) is 8.07. The predicted molar refractivity (Wildman–Crippen MR) is 97.5 cm³/mol. The van der Waals surface area contributed by atoms with E-state index < -0.39 is 28.3 Å². The van der Waals surface area contributed by atoms with E-state index in [2.05, 4.69) is 9.53 Å². The Morgan fingerprint density at radius 1 is 1.24 bits per heavy atom. The lowest BCUT2D eigenvalue weighted by Crippen LogP contribution is -2.27. The fourth-order valence-corrected chi connectivity index (χ4v) is 3.02. The molecule has 0 aromatic heterocycles. The number of benzene rings is 1. The first-order valence-corrected chi connectivity index (χ1v) is 9.56. The molecule has 1 unspecified atom stereocenters. The third-order valence-corrected chi connectivity index (χ3v) is 4.56. The number of hydrogen-bond acceptors (Lipinski definition) is 4. The number of rotatable bonds is 11. The van der Waals surface area contributed by atoms with Crippen LogP contribution < -0.4 is 0 Å². The Labute approximate surface area is 150 Å². The van der Waals surface area contributed by atoms with Gasteiger partial charge in [0.2, 0.25) is 0 Å². The van der Waals surface area contributed by atoms with Crippen LogP contribution in [-0.2, 0) is 25.1 Å². The highest BCUT2D eigenvalue weighted by Crippen LogP contribution is 2.03. The van der Waals surface area contributed by atoms with Crippen LogP contribution in [0.2, 0.25) is 0 Å². The molecule has 0 amide bonds. The molecule has 0 spiro atoms. The van der Waals surface area contributed by atoms with Crippen molar-refractivity contribution in [3.63, 3.8) is 0 Å². The topological polar surface area (TPSA) is 96.8 Å². The molecule has 0 aliphatic carbocycles. The molecule has 0 saturated carbocycles. The highest BCUT2D eigenvalue weighted by molar-refractivity contribution is 7.85. The first-order chi connectivity index (χ1) is 12.1. The average molecular weight is 362 g/mol. The maximum atomic E-state index is 11.9. The van der Waals surface area contributed by atoms with Gasteiger partial charge in [0.25, 0.3) is 5.78 Å². The Kier molecular flexibility index (Phi) is 9.97. The van der Waals surface area contributed by atoms with Crippen molar-refractivity contribution in [3.8, 4) is 0 Å². The minimum Gasteiger partial charge on any atom is -0.457 e. The lowest BCUT2D eigenvalue weighted by atomic mass is 10.1. The van der Waals surface area contributed by atoms with Gasteiger partial charge in [-0.15, -0.1) is 0 Å². The molecule has 0 heterocycles. The van der Waals surface area contributed by atoms with Crippen molar-refractivity contribution in [2.24, 2.45) is 0 Å². The fourth-order valence-electron chi connectivity index (χ4n) is 2.02. The van der Waals surface area contributed by atoms with Gasteiger partial charge in [-0.25, -0.2) is 4.79 Å². The van der Waals surface area contributed by atoms with Gasteiger partial charge in [-0.1, -0.05) is 42.5 Å². The molecule has 1 rings (SSSR count). The number of ketones is 1. The van der Waals surface area contributed by atoms with E-state index in [4.69, 9.17) is 5.53 Å². The first kappa shape index (κ1) is 20.7. The number of esters is 1. The van der Waals surface area contributed by atoms with Gasteiger partial charge in [-0.3, -0.25) is 9.00 Å². The van der Waals surface area contributed by atoms with Crippen molar-refractivity contribution >= 4 is 34.3 Å². The van der Waals surface area contributed by atoms with Gasteiger partial charge >= 0.3 is 11.7 Å². The summed E-state index contributed by atoms with van der Waals surface area (Å²) in [7, 11) is -1.00. The van der Waals surface area contributed by atoms with Crippen molar-refractivity contribution in [3.05, 3.63) is 47.5 Å². The van der Waals surface area contributed by atoms with Crippen LogP contribution in [0.4, 0.5) is 0 Å². The fraction of sp³-hybridized carbons (Fsp3) is 0.389. The summed E-state index contributed by atoms with van der Waals surface area (Å²) >= 11 is 0. The molecule has 25 heavy (non-hydrogen) atoms. The molecule has 1 aromatic carbocycles. The molecule has 0 bridgehead atoms. The van der Waals surface area contributed by atoms with E-state index in [0.717, 1.165) is 5.56 Å². The summed E-state index contributed by atoms with van der Waals surface area (Å²) in [6, 6.07) is 9.75. The van der Waals surface area contributed by atoms with E-state index >= 15 is 0 Å². The summed E-state index contributed by atoms with van der Waals surface area (Å²) in [5, 5.41) is 0. The van der Waals surface area contributed by atoms with E-state index in [1.54, 1.807) is 6.92 Å². The Balaban J connectivity index is 2.27. The summed E-state index contributed by atoms with van der Waals surface area (Å²) in [5.74, 6) is -0.577. The zero-order valence-electron chi connectivity index (χ0n) is 14.2. The predicted octanol–water partition coefficient (Wildman–Crippen LogP) is 2.42.